The second-order valence-electron chi connectivity index (χ2n) is 4.46. The van der Waals surface area contributed by atoms with Gasteiger partial charge in [0.25, 0.3) is 0 Å². The van der Waals surface area contributed by atoms with Gasteiger partial charge < -0.3 is 4.74 Å². The molecule has 0 aliphatic rings. The Labute approximate surface area is 105 Å². The van der Waals surface area contributed by atoms with E-state index in [-0.39, 0.29) is 5.97 Å². The standard InChI is InChI=1S/C14H25NO2/c1-3-5-9-13(4-2)12-17-14(16)10-7-6-8-11-15/h13H,3-10,12H2,1-2H3. The average molecular weight is 239 g/mol. The zero-order chi connectivity index (χ0) is 12.9. The Morgan fingerprint density at radius 1 is 1.29 bits per heavy atom. The van der Waals surface area contributed by atoms with Gasteiger partial charge in [-0.2, -0.15) is 5.26 Å². The van der Waals surface area contributed by atoms with E-state index in [1.807, 2.05) is 0 Å². The third-order valence-electron chi connectivity index (χ3n) is 2.94. The molecule has 0 amide bonds. The molecule has 98 valence electrons. The van der Waals surface area contributed by atoms with Crippen LogP contribution >= 0.6 is 0 Å². The summed E-state index contributed by atoms with van der Waals surface area (Å²) in [5, 5.41) is 8.36. The fraction of sp³-hybridized carbons (Fsp3) is 0.857. The van der Waals surface area contributed by atoms with Crippen molar-refractivity contribution in [1.29, 1.82) is 5.26 Å². The highest BCUT2D eigenvalue weighted by molar-refractivity contribution is 5.69. The molecule has 0 aromatic heterocycles. The molecule has 0 aromatic carbocycles. The van der Waals surface area contributed by atoms with Crippen LogP contribution in [0.1, 0.15) is 65.2 Å². The number of hydrogen-bond donors (Lipinski definition) is 0. The number of esters is 1. The number of nitriles is 1. The minimum Gasteiger partial charge on any atom is -0.465 e. The Bertz CT molecular complexity index is 233. The average Bonchev–Trinajstić information content (AvgIpc) is 2.35. The Balaban J connectivity index is 3.56. The Kier molecular flexibility index (Phi) is 10.7. The first-order chi connectivity index (χ1) is 8.24. The third kappa shape index (κ3) is 9.86. The van der Waals surface area contributed by atoms with Crippen molar-refractivity contribution in [2.45, 2.75) is 65.2 Å². The molecule has 17 heavy (non-hydrogen) atoms. The molecule has 1 atom stereocenters. The maximum absolute atomic E-state index is 11.4. The molecule has 0 saturated heterocycles. The largest absolute Gasteiger partial charge is 0.465 e. The third-order valence-corrected chi connectivity index (χ3v) is 2.94. The Hall–Kier alpha value is -1.04. The fourth-order valence-electron chi connectivity index (χ4n) is 1.65. The van der Waals surface area contributed by atoms with Gasteiger partial charge in [-0.15, -0.1) is 0 Å². The van der Waals surface area contributed by atoms with Crippen molar-refractivity contribution in [3.05, 3.63) is 0 Å². The van der Waals surface area contributed by atoms with Crippen molar-refractivity contribution in [2.24, 2.45) is 5.92 Å². The molecule has 0 bridgehead atoms. The van der Waals surface area contributed by atoms with Gasteiger partial charge >= 0.3 is 5.97 Å². The van der Waals surface area contributed by atoms with E-state index in [1.54, 1.807) is 0 Å². The lowest BCUT2D eigenvalue weighted by atomic mass is 10.0. The summed E-state index contributed by atoms with van der Waals surface area (Å²) < 4.78 is 5.25. The molecule has 0 aliphatic heterocycles. The van der Waals surface area contributed by atoms with Gasteiger partial charge in [0.2, 0.25) is 0 Å². The van der Waals surface area contributed by atoms with Crippen LogP contribution in [0.2, 0.25) is 0 Å². The van der Waals surface area contributed by atoms with Crippen molar-refractivity contribution in [3.63, 3.8) is 0 Å². The van der Waals surface area contributed by atoms with Crippen molar-refractivity contribution in [1.82, 2.24) is 0 Å². The number of nitrogens with zero attached hydrogens (tertiary/aromatic N) is 1. The minimum absolute atomic E-state index is 0.113. The number of unbranched alkanes of at least 4 members (excludes halogenated alkanes) is 3. The van der Waals surface area contributed by atoms with Crippen LogP contribution in [0.15, 0.2) is 0 Å². The van der Waals surface area contributed by atoms with Gasteiger partial charge in [0.05, 0.1) is 12.7 Å². The second kappa shape index (κ2) is 11.4. The lowest BCUT2D eigenvalue weighted by Gasteiger charge is -2.14. The number of carbonyl (C=O) groups excluding carboxylic acids is 1. The number of hydrogen-bond acceptors (Lipinski definition) is 3. The van der Waals surface area contributed by atoms with Crippen molar-refractivity contribution in [2.75, 3.05) is 6.61 Å². The number of ether oxygens (including phenoxy) is 1. The molecule has 0 aromatic rings. The van der Waals surface area contributed by atoms with Crippen LogP contribution in [-0.4, -0.2) is 12.6 Å². The summed E-state index contributed by atoms with van der Waals surface area (Å²) in [5.41, 5.74) is 0. The van der Waals surface area contributed by atoms with Crippen LogP contribution in [-0.2, 0) is 9.53 Å². The normalized spacial score (nSPS) is 11.8. The van der Waals surface area contributed by atoms with Gasteiger partial charge in [0.15, 0.2) is 0 Å². The van der Waals surface area contributed by atoms with E-state index in [0.29, 0.717) is 25.4 Å². The van der Waals surface area contributed by atoms with Gasteiger partial charge in [0, 0.05) is 12.8 Å². The smallest absolute Gasteiger partial charge is 0.305 e. The van der Waals surface area contributed by atoms with Gasteiger partial charge in [-0.05, 0) is 25.2 Å². The first-order valence-corrected chi connectivity index (χ1v) is 6.77. The quantitative estimate of drug-likeness (QED) is 0.430. The van der Waals surface area contributed by atoms with E-state index >= 15 is 0 Å². The van der Waals surface area contributed by atoms with Crippen LogP contribution < -0.4 is 0 Å². The summed E-state index contributed by atoms with van der Waals surface area (Å²) in [6.45, 7) is 4.88. The monoisotopic (exact) mass is 239 g/mol. The van der Waals surface area contributed by atoms with E-state index in [1.165, 1.54) is 12.8 Å². The van der Waals surface area contributed by atoms with Gasteiger partial charge in [-0.3, -0.25) is 4.79 Å². The highest BCUT2D eigenvalue weighted by Crippen LogP contribution is 2.13. The van der Waals surface area contributed by atoms with E-state index < -0.39 is 0 Å². The van der Waals surface area contributed by atoms with Gasteiger partial charge in [-0.1, -0.05) is 33.1 Å². The lowest BCUT2D eigenvalue weighted by molar-refractivity contribution is -0.145. The highest BCUT2D eigenvalue weighted by atomic mass is 16.5. The molecular formula is C14H25NO2. The molecule has 0 N–H and O–H groups in total. The molecule has 0 rings (SSSR count). The first kappa shape index (κ1) is 16.0. The summed E-state index contributed by atoms with van der Waals surface area (Å²) >= 11 is 0. The minimum atomic E-state index is -0.113. The number of rotatable bonds is 10. The predicted molar refractivity (Wildman–Crippen MR) is 68.3 cm³/mol. The van der Waals surface area contributed by atoms with E-state index in [2.05, 4.69) is 19.9 Å². The zero-order valence-electron chi connectivity index (χ0n) is 11.2. The summed E-state index contributed by atoms with van der Waals surface area (Å²) in [7, 11) is 0. The van der Waals surface area contributed by atoms with Crippen LogP contribution in [0.25, 0.3) is 0 Å². The summed E-state index contributed by atoms with van der Waals surface area (Å²) in [6, 6.07) is 2.07. The van der Waals surface area contributed by atoms with Gasteiger partial charge in [-0.25, -0.2) is 0 Å². The van der Waals surface area contributed by atoms with Crippen molar-refractivity contribution < 1.29 is 9.53 Å². The molecule has 1 unspecified atom stereocenters. The summed E-state index contributed by atoms with van der Waals surface area (Å²) in [4.78, 5) is 11.4. The molecule has 0 spiro atoms. The topological polar surface area (TPSA) is 50.1 Å². The SMILES string of the molecule is CCCCC(CC)COC(=O)CCCCC#N. The lowest BCUT2D eigenvalue weighted by Crippen LogP contribution is -2.13. The molecule has 0 aliphatic carbocycles. The maximum Gasteiger partial charge on any atom is 0.305 e. The van der Waals surface area contributed by atoms with Gasteiger partial charge in [0.1, 0.15) is 0 Å². The molecule has 0 radical (unpaired) electrons. The van der Waals surface area contributed by atoms with Crippen LogP contribution in [0, 0.1) is 17.2 Å². The molecular weight excluding hydrogens is 214 g/mol. The highest BCUT2D eigenvalue weighted by Gasteiger charge is 2.09. The zero-order valence-corrected chi connectivity index (χ0v) is 11.2. The van der Waals surface area contributed by atoms with Crippen LogP contribution in [0.4, 0.5) is 0 Å². The fourth-order valence-corrected chi connectivity index (χ4v) is 1.65. The summed E-state index contributed by atoms with van der Waals surface area (Å²) in [6.07, 6.45) is 7.15. The van der Waals surface area contributed by atoms with Crippen LogP contribution in [0.3, 0.4) is 0 Å². The maximum atomic E-state index is 11.4. The predicted octanol–water partition coefficient (Wildman–Crippen LogP) is 3.83. The van der Waals surface area contributed by atoms with Crippen molar-refractivity contribution >= 4 is 5.97 Å². The van der Waals surface area contributed by atoms with E-state index in [0.717, 1.165) is 25.7 Å². The molecule has 3 heteroatoms. The molecule has 0 heterocycles. The Morgan fingerprint density at radius 3 is 2.65 bits per heavy atom. The molecule has 0 fully saturated rings. The Morgan fingerprint density at radius 2 is 2.06 bits per heavy atom. The van der Waals surface area contributed by atoms with Crippen molar-refractivity contribution in [3.8, 4) is 6.07 Å². The first-order valence-electron chi connectivity index (χ1n) is 6.77. The molecule has 3 nitrogen and oxygen atoms in total. The van der Waals surface area contributed by atoms with E-state index in [4.69, 9.17) is 10.00 Å². The molecule has 0 saturated carbocycles. The van der Waals surface area contributed by atoms with Crippen LogP contribution in [0.5, 0.6) is 0 Å². The summed E-state index contributed by atoms with van der Waals surface area (Å²) in [5.74, 6) is 0.399. The van der Waals surface area contributed by atoms with E-state index in [9.17, 15) is 4.79 Å². The second-order valence-corrected chi connectivity index (χ2v) is 4.46. The number of carbonyl (C=O) groups is 1.